The number of ether oxygens (including phenoxy) is 2. The van der Waals surface area contributed by atoms with Crippen molar-refractivity contribution in [3.05, 3.63) is 24.2 Å². The highest BCUT2D eigenvalue weighted by molar-refractivity contribution is 5.78. The average Bonchev–Trinajstić information content (AvgIpc) is 2.96. The summed E-state index contributed by atoms with van der Waals surface area (Å²) in [5.41, 5.74) is 0. The Morgan fingerprint density at radius 3 is 2.76 bits per heavy atom. The highest BCUT2D eigenvalue weighted by Crippen LogP contribution is 2.14. The van der Waals surface area contributed by atoms with Gasteiger partial charge >= 0.3 is 0 Å². The zero-order valence-corrected chi connectivity index (χ0v) is 12.9. The van der Waals surface area contributed by atoms with Crippen molar-refractivity contribution >= 4 is 5.91 Å². The van der Waals surface area contributed by atoms with Gasteiger partial charge in [0.2, 0.25) is 5.91 Å². The van der Waals surface area contributed by atoms with E-state index in [9.17, 15) is 4.79 Å². The van der Waals surface area contributed by atoms with E-state index in [1.165, 1.54) is 0 Å². The molecule has 0 bridgehead atoms. The van der Waals surface area contributed by atoms with Crippen molar-refractivity contribution in [1.29, 1.82) is 0 Å². The maximum atomic E-state index is 12.3. The third kappa shape index (κ3) is 4.56. The number of hydrogen-bond donors (Lipinski definition) is 1. The number of carbonyl (C=O) groups excluding carboxylic acids is 1. The minimum Gasteiger partial charge on any atom is -0.468 e. The molecule has 3 atom stereocenters. The maximum absolute atomic E-state index is 12.3. The van der Waals surface area contributed by atoms with Crippen molar-refractivity contribution in [2.24, 2.45) is 0 Å². The van der Waals surface area contributed by atoms with Gasteiger partial charge in [-0.1, -0.05) is 0 Å². The van der Waals surface area contributed by atoms with Crippen LogP contribution in [0.2, 0.25) is 0 Å². The first-order valence-corrected chi connectivity index (χ1v) is 7.29. The molecule has 0 unspecified atom stereocenters. The molecule has 1 aromatic rings. The predicted octanol–water partition coefficient (Wildman–Crippen LogP) is 1.19. The largest absolute Gasteiger partial charge is 0.468 e. The lowest BCUT2D eigenvalue weighted by molar-refractivity contribution is -0.142. The molecule has 21 heavy (non-hydrogen) atoms. The Hall–Kier alpha value is -1.37. The van der Waals surface area contributed by atoms with Crippen LogP contribution in [0.4, 0.5) is 0 Å². The molecule has 0 saturated carbocycles. The average molecular weight is 296 g/mol. The summed E-state index contributed by atoms with van der Waals surface area (Å²) < 4.78 is 16.2. The van der Waals surface area contributed by atoms with Crippen LogP contribution in [-0.2, 0) is 14.3 Å². The van der Waals surface area contributed by atoms with Gasteiger partial charge in [-0.3, -0.25) is 10.1 Å². The highest BCUT2D eigenvalue weighted by atomic mass is 16.5. The molecule has 0 aromatic carbocycles. The van der Waals surface area contributed by atoms with E-state index in [1.807, 2.05) is 30.9 Å². The Labute approximate surface area is 125 Å². The second kappa shape index (κ2) is 7.59. The van der Waals surface area contributed by atoms with Crippen LogP contribution in [0.5, 0.6) is 0 Å². The lowest BCUT2D eigenvalue weighted by Crippen LogP contribution is -2.50. The van der Waals surface area contributed by atoms with Crippen molar-refractivity contribution in [1.82, 2.24) is 10.2 Å². The van der Waals surface area contributed by atoms with Gasteiger partial charge in [-0.05, 0) is 26.0 Å². The monoisotopic (exact) mass is 296 g/mol. The molecule has 6 heteroatoms. The number of morpholine rings is 1. The number of hydrogen-bond acceptors (Lipinski definition) is 5. The third-order valence-corrected chi connectivity index (χ3v) is 3.49. The van der Waals surface area contributed by atoms with Gasteiger partial charge in [-0.2, -0.15) is 0 Å². The number of rotatable bonds is 6. The number of methoxy groups -OCH3 is 1. The first kappa shape index (κ1) is 16.0. The molecule has 1 N–H and O–H groups in total. The number of furan rings is 1. The van der Waals surface area contributed by atoms with Gasteiger partial charge in [0.15, 0.2) is 0 Å². The molecule has 2 heterocycles. The quantitative estimate of drug-likeness (QED) is 0.854. The van der Waals surface area contributed by atoms with Crippen LogP contribution in [0.25, 0.3) is 0 Å². The summed E-state index contributed by atoms with van der Waals surface area (Å²) in [7, 11) is 1.63. The van der Waals surface area contributed by atoms with Gasteiger partial charge in [0.1, 0.15) is 5.76 Å². The second-order valence-electron chi connectivity index (χ2n) is 5.46. The van der Waals surface area contributed by atoms with Gasteiger partial charge in [0.25, 0.3) is 0 Å². The summed E-state index contributed by atoms with van der Waals surface area (Å²) in [5, 5.41) is 3.20. The van der Waals surface area contributed by atoms with Crippen LogP contribution in [0.1, 0.15) is 25.6 Å². The maximum Gasteiger partial charge on any atom is 0.236 e. The summed E-state index contributed by atoms with van der Waals surface area (Å²) in [6, 6.07) is 3.58. The van der Waals surface area contributed by atoms with E-state index < -0.39 is 0 Å². The van der Waals surface area contributed by atoms with Crippen LogP contribution >= 0.6 is 0 Å². The van der Waals surface area contributed by atoms with Crippen molar-refractivity contribution in [2.75, 3.05) is 33.4 Å². The van der Waals surface area contributed by atoms with Crippen LogP contribution in [-0.4, -0.2) is 56.4 Å². The second-order valence-corrected chi connectivity index (χ2v) is 5.46. The highest BCUT2D eigenvalue weighted by Gasteiger charge is 2.26. The third-order valence-electron chi connectivity index (χ3n) is 3.49. The topological polar surface area (TPSA) is 63.9 Å². The van der Waals surface area contributed by atoms with E-state index in [0.29, 0.717) is 19.7 Å². The molecule has 0 spiro atoms. The zero-order valence-electron chi connectivity index (χ0n) is 12.9. The van der Waals surface area contributed by atoms with Crippen LogP contribution < -0.4 is 5.32 Å². The number of carbonyl (C=O) groups is 1. The Kier molecular flexibility index (Phi) is 5.78. The van der Waals surface area contributed by atoms with Gasteiger partial charge in [0, 0.05) is 20.2 Å². The Bertz CT molecular complexity index is 425. The van der Waals surface area contributed by atoms with Crippen molar-refractivity contribution in [3.8, 4) is 0 Å². The van der Waals surface area contributed by atoms with Crippen LogP contribution in [0.3, 0.4) is 0 Å². The smallest absolute Gasteiger partial charge is 0.236 e. The lowest BCUT2D eigenvalue weighted by Gasteiger charge is -2.35. The van der Waals surface area contributed by atoms with Crippen molar-refractivity contribution < 1.29 is 18.7 Å². The number of nitrogens with one attached hydrogen (secondary N) is 1. The Morgan fingerprint density at radius 1 is 1.48 bits per heavy atom. The van der Waals surface area contributed by atoms with Crippen molar-refractivity contribution in [3.63, 3.8) is 0 Å². The predicted molar refractivity (Wildman–Crippen MR) is 77.9 cm³/mol. The molecule has 6 nitrogen and oxygen atoms in total. The summed E-state index contributed by atoms with van der Waals surface area (Å²) in [5.74, 6) is 0.845. The molecule has 1 amide bonds. The minimum atomic E-state index is -0.121. The fourth-order valence-corrected chi connectivity index (χ4v) is 2.60. The van der Waals surface area contributed by atoms with E-state index in [2.05, 4.69) is 5.32 Å². The molecule has 0 radical (unpaired) electrons. The molecule has 1 saturated heterocycles. The van der Waals surface area contributed by atoms with Gasteiger partial charge < -0.3 is 18.8 Å². The van der Waals surface area contributed by atoms with Crippen LogP contribution in [0.15, 0.2) is 22.8 Å². The first-order chi connectivity index (χ1) is 10.1. The minimum absolute atomic E-state index is 0.0738. The number of amides is 1. The summed E-state index contributed by atoms with van der Waals surface area (Å²) in [4.78, 5) is 14.1. The summed E-state index contributed by atoms with van der Waals surface area (Å²) in [6.07, 6.45) is 1.78. The number of nitrogens with zero attached hydrogens (tertiary/aromatic N) is 1. The fraction of sp³-hybridized carbons (Fsp3) is 0.667. The molecule has 1 aromatic heterocycles. The van der Waals surface area contributed by atoms with Gasteiger partial charge in [-0.15, -0.1) is 0 Å². The van der Waals surface area contributed by atoms with E-state index in [4.69, 9.17) is 13.9 Å². The van der Waals surface area contributed by atoms with Gasteiger partial charge in [0.05, 0.1) is 37.7 Å². The normalized spacial score (nSPS) is 24.0. The Balaban J connectivity index is 1.87. The molecule has 118 valence electrons. The molecule has 2 rings (SSSR count). The fourth-order valence-electron chi connectivity index (χ4n) is 2.60. The van der Waals surface area contributed by atoms with Crippen LogP contribution in [0, 0.1) is 0 Å². The molecule has 1 aliphatic heterocycles. The van der Waals surface area contributed by atoms with E-state index in [1.54, 1.807) is 13.4 Å². The molecular formula is C15H24N2O4. The van der Waals surface area contributed by atoms with E-state index >= 15 is 0 Å². The summed E-state index contributed by atoms with van der Waals surface area (Å²) in [6.45, 7) is 5.96. The molecular weight excluding hydrogens is 272 g/mol. The SMILES string of the molecule is COC[C@H](NCC(=O)N1C[C@@H](C)O[C@H](C)C1)c1ccco1. The lowest BCUT2D eigenvalue weighted by atomic mass is 10.2. The molecule has 1 aliphatic rings. The first-order valence-electron chi connectivity index (χ1n) is 7.29. The summed E-state index contributed by atoms with van der Waals surface area (Å²) >= 11 is 0. The molecule has 1 fully saturated rings. The zero-order chi connectivity index (χ0) is 15.2. The van der Waals surface area contributed by atoms with Gasteiger partial charge in [-0.25, -0.2) is 0 Å². The van der Waals surface area contributed by atoms with E-state index in [0.717, 1.165) is 5.76 Å². The standard InChI is InChI=1S/C15H24N2O4/c1-11-8-17(9-12(2)21-11)15(18)7-16-13(10-19-3)14-5-4-6-20-14/h4-6,11-13,16H,7-10H2,1-3H3/t11-,12-,13+/m1/s1. The Morgan fingerprint density at radius 2 is 2.19 bits per heavy atom. The molecule has 0 aliphatic carbocycles. The van der Waals surface area contributed by atoms with E-state index in [-0.39, 0.29) is 30.7 Å². The van der Waals surface area contributed by atoms with Crippen molar-refractivity contribution in [2.45, 2.75) is 32.1 Å².